The number of anilines is 2. The number of benzene rings is 1. The second kappa shape index (κ2) is 7.67. The molecule has 2 aromatic rings. The number of nitrogens with zero attached hydrogens (tertiary/aromatic N) is 4. The molecule has 0 bridgehead atoms. The molecule has 2 saturated heterocycles. The van der Waals surface area contributed by atoms with Gasteiger partial charge in [-0.3, -0.25) is 4.79 Å². The van der Waals surface area contributed by atoms with Crippen LogP contribution in [0, 0.1) is 0 Å². The Morgan fingerprint density at radius 2 is 2.04 bits per heavy atom. The van der Waals surface area contributed by atoms with E-state index in [-0.39, 0.29) is 40.0 Å². The third-order valence-electron chi connectivity index (χ3n) is 4.14. The molecule has 4 rings (SSSR count). The van der Waals surface area contributed by atoms with E-state index in [1.54, 1.807) is 0 Å². The van der Waals surface area contributed by atoms with Crippen molar-refractivity contribution in [1.29, 1.82) is 0 Å². The van der Waals surface area contributed by atoms with Gasteiger partial charge in [0, 0.05) is 44.0 Å². The van der Waals surface area contributed by atoms with Gasteiger partial charge in [-0.1, -0.05) is 0 Å². The van der Waals surface area contributed by atoms with Crippen LogP contribution in [-0.2, 0) is 9.53 Å². The van der Waals surface area contributed by atoms with Crippen molar-refractivity contribution in [3.63, 3.8) is 0 Å². The lowest BCUT2D eigenvalue weighted by Gasteiger charge is -2.35. The van der Waals surface area contributed by atoms with Crippen LogP contribution in [-0.4, -0.2) is 73.7 Å². The quantitative estimate of drug-likeness (QED) is 0.796. The van der Waals surface area contributed by atoms with Gasteiger partial charge in [-0.05, 0) is 18.9 Å². The van der Waals surface area contributed by atoms with Crippen molar-refractivity contribution in [3.8, 4) is 11.5 Å². The lowest BCUT2D eigenvalue weighted by Crippen LogP contribution is -2.51. The van der Waals surface area contributed by atoms with Crippen molar-refractivity contribution in [1.82, 2.24) is 14.9 Å². The number of fused-ring (bicyclic) bond motifs is 1. The minimum atomic E-state index is -3.57. The van der Waals surface area contributed by atoms with Gasteiger partial charge in [-0.25, -0.2) is 4.98 Å². The molecule has 0 spiro atoms. The van der Waals surface area contributed by atoms with Gasteiger partial charge in [0.25, 0.3) is 5.91 Å². The highest BCUT2D eigenvalue weighted by Crippen LogP contribution is 2.34. The molecule has 1 unspecified atom stereocenters. The Kier molecular flexibility index (Phi) is 2.50. The molecule has 1 atom stereocenters. The number of carbonyl (C=O) groups excluding carboxylic acids is 1. The highest BCUT2D eigenvalue weighted by Gasteiger charge is 2.31. The number of piperazine rings is 1. The van der Waals surface area contributed by atoms with Gasteiger partial charge in [0.1, 0.15) is 11.9 Å². The van der Waals surface area contributed by atoms with Crippen LogP contribution >= 0.6 is 0 Å². The number of aromatic nitrogens is 2. The molecule has 0 radical (unpaired) electrons. The van der Waals surface area contributed by atoms with Crippen molar-refractivity contribution in [2.75, 3.05) is 57.4 Å². The zero-order valence-electron chi connectivity index (χ0n) is 27.1. The minimum absolute atomic E-state index is 0.0640. The first-order valence-corrected chi connectivity index (χ1v) is 8.36. The maximum Gasteiger partial charge on any atom is 0.251 e. The third kappa shape index (κ3) is 3.37. The molecule has 2 fully saturated rings. The van der Waals surface area contributed by atoms with E-state index in [4.69, 9.17) is 30.7 Å². The molecule has 28 heavy (non-hydrogen) atoms. The minimum Gasteiger partial charge on any atom is -0.493 e. The van der Waals surface area contributed by atoms with Gasteiger partial charge in [-0.15, -0.1) is 0 Å². The van der Waals surface area contributed by atoms with Crippen LogP contribution < -0.4 is 20.1 Å². The average Bonchev–Trinajstić information content (AvgIpc) is 3.39. The Balaban J connectivity index is 2.03. The van der Waals surface area contributed by atoms with E-state index in [2.05, 4.69) is 9.97 Å². The maximum absolute atomic E-state index is 13.2. The monoisotopic (exact) mass is 399 g/mol. The topological polar surface area (TPSA) is 103 Å². The Morgan fingerprint density at radius 3 is 2.68 bits per heavy atom. The summed E-state index contributed by atoms with van der Waals surface area (Å²) in [5.74, 6) is -3.66. The summed E-state index contributed by atoms with van der Waals surface area (Å²) in [6, 6.07) is -1.09. The van der Waals surface area contributed by atoms with E-state index in [1.165, 1.54) is 7.11 Å². The number of methoxy groups -OCH3 is 2. The molecule has 9 nitrogen and oxygen atoms in total. The molecule has 2 aliphatic rings. The molecule has 0 saturated carbocycles. The maximum atomic E-state index is 13.2. The number of amides is 1. The molecule has 150 valence electrons. The summed E-state index contributed by atoms with van der Waals surface area (Å²) in [6.45, 7) is -14.1. The van der Waals surface area contributed by atoms with Crippen LogP contribution in [0.3, 0.4) is 0 Å². The second-order valence-corrected chi connectivity index (χ2v) is 5.85. The largest absolute Gasteiger partial charge is 0.493 e. The van der Waals surface area contributed by atoms with Gasteiger partial charge in [-0.2, -0.15) is 4.98 Å². The highest BCUT2D eigenvalue weighted by atomic mass is 16.5. The number of nitrogen functional groups attached to an aromatic ring is 1. The summed E-state index contributed by atoms with van der Waals surface area (Å²) in [4.78, 5) is 20.8. The van der Waals surface area contributed by atoms with E-state index in [0.29, 0.717) is 6.42 Å². The fraction of sp³-hybridized carbons (Fsp3) is 0.526. The van der Waals surface area contributed by atoms with Gasteiger partial charge in [0.05, 0.1) is 33.4 Å². The summed E-state index contributed by atoms with van der Waals surface area (Å²) >= 11 is 0. The summed E-state index contributed by atoms with van der Waals surface area (Å²) in [5, 5.41) is -0.393. The fourth-order valence-corrected chi connectivity index (χ4v) is 2.75. The van der Waals surface area contributed by atoms with Crippen LogP contribution in [0.2, 0.25) is 2.82 Å². The third-order valence-corrected chi connectivity index (χ3v) is 4.14. The smallest absolute Gasteiger partial charge is 0.251 e. The number of hydrogen-bond donors (Lipinski definition) is 1. The summed E-state index contributed by atoms with van der Waals surface area (Å²) in [5.41, 5.74) is -0.625. The molecule has 9 heteroatoms. The van der Waals surface area contributed by atoms with Crippen LogP contribution in [0.1, 0.15) is 26.5 Å². The zero-order chi connectivity index (χ0) is 30.2. The fourth-order valence-electron chi connectivity index (χ4n) is 2.75. The lowest BCUT2D eigenvalue weighted by molar-refractivity contribution is -0.141. The first-order valence-electron chi connectivity index (χ1n) is 14.3. The van der Waals surface area contributed by atoms with Crippen LogP contribution in [0.25, 0.3) is 10.9 Å². The van der Waals surface area contributed by atoms with Crippen LogP contribution in [0.5, 0.6) is 11.5 Å². The van der Waals surface area contributed by atoms with E-state index in [1.807, 2.05) is 0 Å². The van der Waals surface area contributed by atoms with Gasteiger partial charge in [0.15, 0.2) is 14.3 Å². The van der Waals surface area contributed by atoms with E-state index in [0.717, 1.165) is 7.11 Å². The average molecular weight is 400 g/mol. The summed E-state index contributed by atoms with van der Waals surface area (Å²) < 4.78 is 117. The molecule has 3 heterocycles. The molecular formula is C19H25N5O4. The van der Waals surface area contributed by atoms with Crippen molar-refractivity contribution in [2.45, 2.75) is 18.9 Å². The predicted molar refractivity (Wildman–Crippen MR) is 105 cm³/mol. The molecule has 1 amide bonds. The summed E-state index contributed by atoms with van der Waals surface area (Å²) in [7, 11) is 2.34. The van der Waals surface area contributed by atoms with Crippen molar-refractivity contribution >= 4 is 28.6 Å². The van der Waals surface area contributed by atoms with Crippen molar-refractivity contribution in [2.24, 2.45) is 0 Å². The normalized spacial score (nSPS) is 33.1. The van der Waals surface area contributed by atoms with E-state index < -0.39 is 72.8 Å². The van der Waals surface area contributed by atoms with Gasteiger partial charge >= 0.3 is 0 Å². The number of ether oxygens (including phenoxy) is 3. The number of nitrogens with two attached hydrogens (primary N) is 1. The first kappa shape index (κ1) is 9.13. The Labute approximate surface area is 180 Å². The van der Waals surface area contributed by atoms with Gasteiger partial charge in [0.2, 0.25) is 5.95 Å². The van der Waals surface area contributed by atoms with E-state index >= 15 is 0 Å². The van der Waals surface area contributed by atoms with E-state index in [9.17, 15) is 4.79 Å². The molecule has 2 N–H and O–H groups in total. The summed E-state index contributed by atoms with van der Waals surface area (Å²) in [6.07, 6.45) is -0.797. The predicted octanol–water partition coefficient (Wildman–Crippen LogP) is 1.06. The molecule has 0 aliphatic carbocycles. The number of rotatable bonds is 5. The highest BCUT2D eigenvalue weighted by molar-refractivity contribution is 5.91. The van der Waals surface area contributed by atoms with Crippen LogP contribution in [0.15, 0.2) is 12.1 Å². The SMILES string of the molecule is [2H]c1c(OC)c(OC)c([2H])c2c(N([2H])[2H])nc(N3C([2H])([2H])C([2H])([2H])N(C(=O)C4CCCO4)C([2H])([2H])C3([2H])[2H])nc12. The van der Waals surface area contributed by atoms with Crippen LogP contribution in [0.4, 0.5) is 11.8 Å². The molecule has 2 aliphatic heterocycles. The molecule has 1 aromatic carbocycles. The lowest BCUT2D eigenvalue weighted by atomic mass is 10.2. The van der Waals surface area contributed by atoms with Crippen molar-refractivity contribution in [3.05, 3.63) is 12.1 Å². The number of hydrogen-bond acceptors (Lipinski definition) is 8. The van der Waals surface area contributed by atoms with Crippen molar-refractivity contribution < 1.29 is 35.5 Å². The number of carbonyl (C=O) groups is 1. The Morgan fingerprint density at radius 1 is 1.29 bits per heavy atom. The second-order valence-electron chi connectivity index (χ2n) is 5.85. The molecule has 1 aromatic heterocycles. The standard InChI is InChI=1S/C19H25N5O4/c1-26-15-10-12-13(11-16(15)27-2)21-19(22-17(12)20)24-7-5-23(6-8-24)18(25)14-4-3-9-28-14/h10-11,14H,3-9H2,1-2H3,(H2,20,21,22)/i5D2,6D2,7D2,8D2,10D,11D/hD2. The Hall–Kier alpha value is -2.81. The first-order chi connectivity index (χ1) is 18.4. The molecular weight excluding hydrogens is 362 g/mol. The Bertz CT molecular complexity index is 1330. The zero-order valence-corrected chi connectivity index (χ0v) is 15.1. The van der Waals surface area contributed by atoms with Gasteiger partial charge < -0.3 is 29.7 Å².